The summed E-state index contributed by atoms with van der Waals surface area (Å²) in [5.41, 5.74) is 3.20. The maximum Gasteiger partial charge on any atom is 0.203 e. The van der Waals surface area contributed by atoms with Crippen molar-refractivity contribution in [2.24, 2.45) is 4.99 Å². The molecule has 1 unspecified atom stereocenters. The Morgan fingerprint density at radius 3 is 2.32 bits per heavy atom. The Kier molecular flexibility index (Phi) is 6.26. The van der Waals surface area contributed by atoms with Crippen molar-refractivity contribution in [3.05, 3.63) is 52.6 Å². The van der Waals surface area contributed by atoms with Gasteiger partial charge in [0.05, 0.1) is 40.2 Å². The number of nitrogens with one attached hydrogen (secondary N) is 1. The number of hydrogen-bond acceptors (Lipinski definition) is 8. The Labute approximate surface area is 200 Å². The number of fused-ring (bicyclic) bond motifs is 2. The van der Waals surface area contributed by atoms with E-state index in [1.807, 2.05) is 12.1 Å². The Balaban J connectivity index is 1.67. The fourth-order valence-corrected chi connectivity index (χ4v) is 5.54. The fourth-order valence-electron chi connectivity index (χ4n) is 4.42. The van der Waals surface area contributed by atoms with Crippen LogP contribution in [0.3, 0.4) is 0 Å². The van der Waals surface area contributed by atoms with Crippen LogP contribution in [0.5, 0.6) is 17.2 Å². The Hall–Kier alpha value is -2.98. The van der Waals surface area contributed by atoms with Crippen LogP contribution < -0.4 is 19.5 Å². The van der Waals surface area contributed by atoms with Crippen LogP contribution in [0.4, 0.5) is 8.78 Å². The van der Waals surface area contributed by atoms with Crippen molar-refractivity contribution in [2.75, 3.05) is 53.4 Å². The van der Waals surface area contributed by atoms with E-state index < -0.39 is 11.6 Å². The van der Waals surface area contributed by atoms with Gasteiger partial charge in [0.2, 0.25) is 5.75 Å². The average molecular weight is 490 g/mol. The highest BCUT2D eigenvalue weighted by atomic mass is 32.2. The largest absolute Gasteiger partial charge is 0.493 e. The summed E-state index contributed by atoms with van der Waals surface area (Å²) in [6.07, 6.45) is 0. The van der Waals surface area contributed by atoms with Gasteiger partial charge < -0.3 is 29.2 Å². The van der Waals surface area contributed by atoms with Crippen LogP contribution in [0.1, 0.15) is 17.2 Å². The molecular weight excluding hydrogens is 464 g/mol. The number of thioether (sulfide) groups is 1. The van der Waals surface area contributed by atoms with E-state index in [0.29, 0.717) is 65.7 Å². The van der Waals surface area contributed by atoms with Gasteiger partial charge >= 0.3 is 0 Å². The minimum absolute atomic E-state index is 0.378. The molecule has 3 heterocycles. The van der Waals surface area contributed by atoms with E-state index >= 15 is 0 Å². The molecular formula is C24H25F2N3O4S. The standard InChI is InChI=1S/C24H25F2N3O4S/c1-30-18-8-13(9-19(31-2)23(18)32-3)21-15-12-34-20-11-17(26)16(25)10-14(20)22(15)28-24(27-21)29-4-6-33-7-5-29/h8-11,21H,4-7,12H2,1-3H3,(H,27,28). The lowest BCUT2D eigenvalue weighted by Gasteiger charge is -2.37. The normalized spacial score (nSPS) is 19.6. The third kappa shape index (κ3) is 3.94. The third-order valence-electron chi connectivity index (χ3n) is 6.13. The first-order valence-corrected chi connectivity index (χ1v) is 11.8. The average Bonchev–Trinajstić information content (AvgIpc) is 2.88. The summed E-state index contributed by atoms with van der Waals surface area (Å²) in [4.78, 5) is 7.87. The van der Waals surface area contributed by atoms with Crippen LogP contribution in [0.2, 0.25) is 0 Å². The number of aliphatic imine (C=N–C) groups is 1. The second kappa shape index (κ2) is 9.34. The molecule has 34 heavy (non-hydrogen) atoms. The minimum Gasteiger partial charge on any atom is -0.493 e. The van der Waals surface area contributed by atoms with E-state index in [9.17, 15) is 8.78 Å². The van der Waals surface area contributed by atoms with Crippen molar-refractivity contribution in [3.8, 4) is 17.2 Å². The molecule has 7 nitrogen and oxygen atoms in total. The summed E-state index contributed by atoms with van der Waals surface area (Å²) in [7, 11) is 4.70. The van der Waals surface area contributed by atoms with E-state index in [-0.39, 0.29) is 6.04 Å². The number of guanidine groups is 1. The maximum absolute atomic E-state index is 14.3. The molecule has 0 radical (unpaired) electrons. The van der Waals surface area contributed by atoms with Crippen LogP contribution in [-0.4, -0.2) is 64.2 Å². The lowest BCUT2D eigenvalue weighted by molar-refractivity contribution is 0.0667. The number of morpholine rings is 1. The zero-order valence-electron chi connectivity index (χ0n) is 19.1. The van der Waals surface area contributed by atoms with Gasteiger partial charge in [-0.15, -0.1) is 11.8 Å². The van der Waals surface area contributed by atoms with Crippen LogP contribution in [0.15, 0.2) is 39.7 Å². The molecule has 2 aromatic carbocycles. The van der Waals surface area contributed by atoms with Gasteiger partial charge in [-0.3, -0.25) is 0 Å². The van der Waals surface area contributed by atoms with E-state index in [4.69, 9.17) is 23.9 Å². The predicted molar refractivity (Wildman–Crippen MR) is 126 cm³/mol. The Morgan fingerprint density at radius 2 is 1.68 bits per heavy atom. The predicted octanol–water partition coefficient (Wildman–Crippen LogP) is 3.84. The highest BCUT2D eigenvalue weighted by Crippen LogP contribution is 2.47. The Morgan fingerprint density at radius 1 is 1.00 bits per heavy atom. The first-order valence-electron chi connectivity index (χ1n) is 10.9. The smallest absolute Gasteiger partial charge is 0.203 e. The molecule has 180 valence electrons. The number of benzene rings is 2. The lowest BCUT2D eigenvalue weighted by Crippen LogP contribution is -2.48. The molecule has 1 saturated heterocycles. The van der Waals surface area contributed by atoms with Crippen molar-refractivity contribution in [1.82, 2.24) is 10.2 Å². The molecule has 0 aromatic heterocycles. The molecule has 0 saturated carbocycles. The van der Waals surface area contributed by atoms with Crippen LogP contribution in [0, 0.1) is 11.6 Å². The second-order valence-corrected chi connectivity index (χ2v) is 9.01. The number of ether oxygens (including phenoxy) is 4. The monoisotopic (exact) mass is 489 g/mol. The molecule has 0 bridgehead atoms. The highest BCUT2D eigenvalue weighted by molar-refractivity contribution is 7.99. The van der Waals surface area contributed by atoms with Gasteiger partial charge in [0, 0.05) is 29.3 Å². The number of rotatable bonds is 4. The molecule has 10 heteroatoms. The number of halogens is 2. The van der Waals surface area contributed by atoms with Gasteiger partial charge in [-0.2, -0.15) is 0 Å². The lowest BCUT2D eigenvalue weighted by atomic mass is 9.93. The maximum atomic E-state index is 14.3. The van der Waals surface area contributed by atoms with Gasteiger partial charge in [0.15, 0.2) is 29.1 Å². The van der Waals surface area contributed by atoms with Gasteiger partial charge in [-0.25, -0.2) is 13.8 Å². The zero-order valence-corrected chi connectivity index (χ0v) is 19.9. The summed E-state index contributed by atoms with van der Waals surface area (Å²) in [6.45, 7) is 2.53. The Bertz CT molecular complexity index is 1160. The quantitative estimate of drug-likeness (QED) is 0.700. The van der Waals surface area contributed by atoms with E-state index in [1.165, 1.54) is 23.9 Å². The van der Waals surface area contributed by atoms with Crippen LogP contribution in [0.25, 0.3) is 5.70 Å². The molecule has 1 atom stereocenters. The second-order valence-electron chi connectivity index (χ2n) is 7.99. The van der Waals surface area contributed by atoms with Gasteiger partial charge in [-0.1, -0.05) is 0 Å². The molecule has 2 aromatic rings. The number of methoxy groups -OCH3 is 3. The van der Waals surface area contributed by atoms with Gasteiger partial charge in [0.25, 0.3) is 0 Å². The topological polar surface area (TPSA) is 64.6 Å². The van der Waals surface area contributed by atoms with Crippen molar-refractivity contribution >= 4 is 23.4 Å². The van der Waals surface area contributed by atoms with Crippen LogP contribution in [-0.2, 0) is 4.74 Å². The summed E-state index contributed by atoms with van der Waals surface area (Å²) in [5.74, 6) is 1.06. The molecule has 0 aliphatic carbocycles. The highest BCUT2D eigenvalue weighted by Gasteiger charge is 2.34. The van der Waals surface area contributed by atoms with Gasteiger partial charge in [0.1, 0.15) is 6.04 Å². The molecule has 1 N–H and O–H groups in total. The summed E-state index contributed by atoms with van der Waals surface area (Å²) >= 11 is 1.47. The molecule has 5 rings (SSSR count). The fraction of sp³-hybridized carbons (Fsp3) is 0.375. The summed E-state index contributed by atoms with van der Waals surface area (Å²) < 4.78 is 50.4. The summed E-state index contributed by atoms with van der Waals surface area (Å²) in [5, 5.41) is 3.42. The summed E-state index contributed by atoms with van der Waals surface area (Å²) in [6, 6.07) is 5.90. The van der Waals surface area contributed by atoms with Crippen LogP contribution >= 0.6 is 11.8 Å². The van der Waals surface area contributed by atoms with Crippen molar-refractivity contribution < 1.29 is 27.7 Å². The zero-order chi connectivity index (χ0) is 23.8. The van der Waals surface area contributed by atoms with Crippen molar-refractivity contribution in [3.63, 3.8) is 0 Å². The SMILES string of the molecule is COc1cc(C2N=C(N3CCOCC3)NC3=C2CSc2cc(F)c(F)cc23)cc(OC)c1OC. The van der Waals surface area contributed by atoms with E-state index in [1.54, 1.807) is 21.3 Å². The molecule has 0 spiro atoms. The van der Waals surface area contributed by atoms with E-state index in [0.717, 1.165) is 16.8 Å². The van der Waals surface area contributed by atoms with Gasteiger partial charge in [-0.05, 0) is 35.4 Å². The molecule has 3 aliphatic rings. The van der Waals surface area contributed by atoms with E-state index in [2.05, 4.69) is 10.2 Å². The first kappa shape index (κ1) is 22.8. The molecule has 3 aliphatic heterocycles. The molecule has 0 amide bonds. The number of hydrogen-bond donors (Lipinski definition) is 1. The minimum atomic E-state index is -0.880. The number of nitrogens with zero attached hydrogens (tertiary/aromatic N) is 2. The third-order valence-corrected chi connectivity index (χ3v) is 7.23. The molecule has 1 fully saturated rings. The van der Waals surface area contributed by atoms with Crippen molar-refractivity contribution in [2.45, 2.75) is 10.9 Å². The first-order chi connectivity index (χ1) is 16.5. The van der Waals surface area contributed by atoms with Crippen molar-refractivity contribution in [1.29, 1.82) is 0 Å².